The number of benzene rings is 1. The van der Waals surface area contributed by atoms with E-state index in [9.17, 15) is 9.50 Å². The number of hydrogen-bond donors (Lipinski definition) is 2. The first kappa shape index (κ1) is 11.3. The van der Waals surface area contributed by atoms with E-state index in [2.05, 4.69) is 4.98 Å². The highest BCUT2D eigenvalue weighted by atomic mass is 35.5. The van der Waals surface area contributed by atoms with Crippen LogP contribution in [0.2, 0.25) is 5.02 Å². The zero-order valence-electron chi connectivity index (χ0n) is 8.02. The lowest BCUT2D eigenvalue weighted by molar-refractivity contribution is 0.224. The third kappa shape index (κ3) is 2.16. The largest absolute Gasteiger partial charge is 0.383 e. The van der Waals surface area contributed by atoms with E-state index in [4.69, 9.17) is 17.3 Å². The maximum atomic E-state index is 12.8. The number of anilines is 1. The first-order valence-corrected chi connectivity index (χ1v) is 5.61. The minimum Gasteiger partial charge on any atom is -0.383 e. The van der Waals surface area contributed by atoms with E-state index in [1.165, 1.54) is 29.7 Å². The molecule has 0 aliphatic rings. The number of nitrogen functional groups attached to an aromatic ring is 1. The van der Waals surface area contributed by atoms with Gasteiger partial charge in [0, 0.05) is 16.8 Å². The molecule has 3 N–H and O–H groups in total. The molecule has 1 atom stereocenters. The highest BCUT2D eigenvalue weighted by Gasteiger charge is 2.16. The van der Waals surface area contributed by atoms with Crippen LogP contribution in [0.5, 0.6) is 0 Å². The predicted octanol–water partition coefficient (Wildman–Crippen LogP) is 2.60. The first-order chi connectivity index (χ1) is 7.58. The summed E-state index contributed by atoms with van der Waals surface area (Å²) in [5, 5.41) is 10.5. The van der Waals surface area contributed by atoms with Crippen molar-refractivity contribution in [2.75, 3.05) is 5.73 Å². The van der Waals surface area contributed by atoms with Gasteiger partial charge in [0.15, 0.2) is 5.13 Å². The number of nitrogens with zero attached hydrogens (tertiary/aromatic N) is 1. The number of halogens is 2. The number of hydrogen-bond acceptors (Lipinski definition) is 4. The molecule has 0 aliphatic carbocycles. The molecule has 6 heteroatoms. The van der Waals surface area contributed by atoms with Crippen molar-refractivity contribution < 1.29 is 9.50 Å². The zero-order valence-corrected chi connectivity index (χ0v) is 9.60. The van der Waals surface area contributed by atoms with Gasteiger partial charge in [-0.25, -0.2) is 9.37 Å². The van der Waals surface area contributed by atoms with Gasteiger partial charge in [0.1, 0.15) is 11.9 Å². The van der Waals surface area contributed by atoms with Crippen LogP contribution >= 0.6 is 22.9 Å². The van der Waals surface area contributed by atoms with Crippen LogP contribution in [0.3, 0.4) is 0 Å². The molecule has 1 aromatic heterocycles. The molecule has 0 bridgehead atoms. The summed E-state index contributed by atoms with van der Waals surface area (Å²) in [7, 11) is 0. The number of rotatable bonds is 2. The molecule has 3 nitrogen and oxygen atoms in total. The summed E-state index contributed by atoms with van der Waals surface area (Å²) in [5.41, 5.74) is 5.90. The molecular weight excluding hydrogens is 251 g/mol. The smallest absolute Gasteiger partial charge is 0.180 e. The maximum Gasteiger partial charge on any atom is 0.180 e. The van der Waals surface area contributed by atoms with E-state index in [1.54, 1.807) is 0 Å². The van der Waals surface area contributed by atoms with Gasteiger partial charge in [-0.05, 0) is 12.1 Å². The third-order valence-electron chi connectivity index (χ3n) is 2.07. The molecule has 1 aromatic carbocycles. The summed E-state index contributed by atoms with van der Waals surface area (Å²) in [6, 6.07) is 3.84. The van der Waals surface area contributed by atoms with Crippen molar-refractivity contribution in [1.82, 2.24) is 4.98 Å². The fourth-order valence-electron chi connectivity index (χ4n) is 1.30. The second-order valence-electron chi connectivity index (χ2n) is 3.17. The predicted molar refractivity (Wildman–Crippen MR) is 62.0 cm³/mol. The molecule has 0 aliphatic heterocycles. The molecule has 2 rings (SSSR count). The van der Waals surface area contributed by atoms with E-state index in [0.29, 0.717) is 15.6 Å². The van der Waals surface area contributed by atoms with Crippen LogP contribution in [-0.2, 0) is 0 Å². The Kier molecular flexibility index (Phi) is 3.09. The van der Waals surface area contributed by atoms with Crippen molar-refractivity contribution in [2.45, 2.75) is 6.10 Å². The van der Waals surface area contributed by atoms with Crippen LogP contribution < -0.4 is 5.73 Å². The summed E-state index contributed by atoms with van der Waals surface area (Å²) in [5.74, 6) is -0.440. The van der Waals surface area contributed by atoms with Gasteiger partial charge in [0.2, 0.25) is 0 Å². The maximum absolute atomic E-state index is 12.8. The number of thiazole rings is 1. The van der Waals surface area contributed by atoms with E-state index in [-0.39, 0.29) is 5.02 Å². The lowest BCUT2D eigenvalue weighted by Gasteiger charge is -2.10. The molecule has 1 heterocycles. The summed E-state index contributed by atoms with van der Waals surface area (Å²) < 4.78 is 12.8. The van der Waals surface area contributed by atoms with Gasteiger partial charge in [-0.2, -0.15) is 0 Å². The highest BCUT2D eigenvalue weighted by molar-refractivity contribution is 7.15. The van der Waals surface area contributed by atoms with Crippen molar-refractivity contribution in [3.8, 4) is 0 Å². The van der Waals surface area contributed by atoms with E-state index >= 15 is 0 Å². The minimum absolute atomic E-state index is 0.180. The molecular formula is C10H8ClFN2OS. The molecule has 1 unspecified atom stereocenters. The monoisotopic (exact) mass is 258 g/mol. The number of nitrogens with two attached hydrogens (primary N) is 1. The van der Waals surface area contributed by atoms with E-state index in [1.807, 2.05) is 0 Å². The van der Waals surface area contributed by atoms with Crippen molar-refractivity contribution in [2.24, 2.45) is 0 Å². The number of aromatic nitrogens is 1. The SMILES string of the molecule is Nc1ncc(C(O)c2ccc(F)cc2Cl)s1. The molecule has 0 amide bonds. The molecule has 0 saturated carbocycles. The fourth-order valence-corrected chi connectivity index (χ4v) is 2.27. The molecule has 0 fully saturated rings. The Bertz CT molecular complexity index is 517. The van der Waals surface area contributed by atoms with Crippen molar-refractivity contribution in [3.05, 3.63) is 45.7 Å². The highest BCUT2D eigenvalue weighted by Crippen LogP contribution is 2.32. The Morgan fingerprint density at radius 3 is 2.81 bits per heavy atom. The van der Waals surface area contributed by atoms with E-state index in [0.717, 1.165) is 6.07 Å². The van der Waals surface area contributed by atoms with E-state index < -0.39 is 11.9 Å². The number of aliphatic hydroxyl groups is 1. The topological polar surface area (TPSA) is 59.1 Å². The van der Waals surface area contributed by atoms with Gasteiger partial charge in [0.25, 0.3) is 0 Å². The lowest BCUT2D eigenvalue weighted by Crippen LogP contribution is -1.98. The summed E-state index contributed by atoms with van der Waals surface area (Å²) in [6.07, 6.45) is 0.549. The zero-order chi connectivity index (χ0) is 11.7. The summed E-state index contributed by atoms with van der Waals surface area (Å²) in [4.78, 5) is 4.40. The molecule has 16 heavy (non-hydrogen) atoms. The summed E-state index contributed by atoms with van der Waals surface area (Å²) in [6.45, 7) is 0. The van der Waals surface area contributed by atoms with Gasteiger partial charge >= 0.3 is 0 Å². The fraction of sp³-hybridized carbons (Fsp3) is 0.100. The van der Waals surface area contributed by atoms with Crippen molar-refractivity contribution in [1.29, 1.82) is 0 Å². The first-order valence-electron chi connectivity index (χ1n) is 4.42. The molecule has 0 saturated heterocycles. The molecule has 2 aromatic rings. The van der Waals surface area contributed by atoms with Crippen LogP contribution in [0.1, 0.15) is 16.5 Å². The van der Waals surface area contributed by atoms with Crippen LogP contribution in [0.15, 0.2) is 24.4 Å². The Balaban J connectivity index is 2.37. The van der Waals surface area contributed by atoms with Crippen molar-refractivity contribution >= 4 is 28.1 Å². The Morgan fingerprint density at radius 1 is 1.50 bits per heavy atom. The Labute approximate surface area is 100 Å². The second-order valence-corrected chi connectivity index (χ2v) is 4.67. The summed E-state index contributed by atoms with van der Waals surface area (Å²) >= 11 is 7.00. The van der Waals surface area contributed by atoms with Gasteiger partial charge in [-0.1, -0.05) is 29.0 Å². The average Bonchev–Trinajstić information content (AvgIpc) is 2.64. The molecule has 84 valence electrons. The number of aliphatic hydroxyl groups excluding tert-OH is 1. The van der Waals surface area contributed by atoms with Gasteiger partial charge < -0.3 is 10.8 Å². The van der Waals surface area contributed by atoms with Gasteiger partial charge in [-0.3, -0.25) is 0 Å². The third-order valence-corrected chi connectivity index (χ3v) is 3.27. The normalized spacial score (nSPS) is 12.7. The van der Waals surface area contributed by atoms with Gasteiger partial charge in [-0.15, -0.1) is 0 Å². The Hall–Kier alpha value is -1.17. The standard InChI is InChI=1S/C10H8ClFN2OS/c11-7-3-5(12)1-2-6(7)9(15)8-4-14-10(13)16-8/h1-4,9,15H,(H2,13,14). The lowest BCUT2D eigenvalue weighted by atomic mass is 10.1. The molecule has 0 radical (unpaired) electrons. The van der Waals surface area contributed by atoms with Crippen LogP contribution in [0.25, 0.3) is 0 Å². The van der Waals surface area contributed by atoms with Crippen LogP contribution in [0, 0.1) is 5.82 Å². The van der Waals surface area contributed by atoms with Gasteiger partial charge in [0.05, 0.1) is 4.88 Å². The quantitative estimate of drug-likeness (QED) is 0.871. The Morgan fingerprint density at radius 2 is 2.25 bits per heavy atom. The minimum atomic E-state index is -0.928. The molecule has 0 spiro atoms. The second kappa shape index (κ2) is 4.37. The van der Waals surface area contributed by atoms with Crippen molar-refractivity contribution in [3.63, 3.8) is 0 Å². The van der Waals surface area contributed by atoms with Crippen LogP contribution in [0.4, 0.5) is 9.52 Å². The van der Waals surface area contributed by atoms with Crippen LogP contribution in [-0.4, -0.2) is 10.1 Å². The average molecular weight is 259 g/mol.